The van der Waals surface area contributed by atoms with E-state index >= 15 is 0 Å². The summed E-state index contributed by atoms with van der Waals surface area (Å²) in [5.74, 6) is 0. The molecule has 1 aromatic heterocycles. The quantitative estimate of drug-likeness (QED) is 0.903. The standard InChI is InChI=1S/C17H23N3/c1-5-8-18-17(16-11-19-14(4)10-20-16)15-9-12(2)6-7-13(15)3/h6-7,9-11,17-18H,5,8H2,1-4H3. The smallest absolute Gasteiger partial charge is 0.0801 e. The topological polar surface area (TPSA) is 37.8 Å². The minimum Gasteiger partial charge on any atom is -0.305 e. The molecule has 0 aliphatic heterocycles. The van der Waals surface area contributed by atoms with E-state index in [2.05, 4.69) is 54.3 Å². The minimum atomic E-state index is 0.114. The Balaban J connectivity index is 2.41. The second kappa shape index (κ2) is 6.62. The Bertz CT molecular complexity index is 561. The fraction of sp³-hybridized carbons (Fsp3) is 0.412. The van der Waals surface area contributed by atoms with Crippen LogP contribution in [0.4, 0.5) is 0 Å². The first-order valence-electron chi connectivity index (χ1n) is 7.21. The van der Waals surface area contributed by atoms with Crippen molar-refractivity contribution in [3.8, 4) is 0 Å². The first-order valence-corrected chi connectivity index (χ1v) is 7.21. The summed E-state index contributed by atoms with van der Waals surface area (Å²) in [7, 11) is 0. The van der Waals surface area contributed by atoms with Crippen LogP contribution in [0.1, 0.15) is 47.5 Å². The molecule has 2 rings (SSSR count). The van der Waals surface area contributed by atoms with Crippen molar-refractivity contribution in [1.82, 2.24) is 15.3 Å². The van der Waals surface area contributed by atoms with Crippen molar-refractivity contribution in [1.29, 1.82) is 0 Å². The van der Waals surface area contributed by atoms with E-state index in [1.54, 1.807) is 0 Å². The maximum Gasteiger partial charge on any atom is 0.0801 e. The van der Waals surface area contributed by atoms with Crippen LogP contribution in [0.2, 0.25) is 0 Å². The van der Waals surface area contributed by atoms with Gasteiger partial charge in [-0.25, -0.2) is 0 Å². The molecule has 0 amide bonds. The molecule has 1 atom stereocenters. The summed E-state index contributed by atoms with van der Waals surface area (Å²) in [6, 6.07) is 6.68. The molecule has 0 aliphatic rings. The average Bonchev–Trinajstić information content (AvgIpc) is 2.44. The maximum atomic E-state index is 4.55. The van der Waals surface area contributed by atoms with Gasteiger partial charge in [-0.15, -0.1) is 0 Å². The fourth-order valence-corrected chi connectivity index (χ4v) is 2.29. The summed E-state index contributed by atoms with van der Waals surface area (Å²) >= 11 is 0. The van der Waals surface area contributed by atoms with Crippen LogP contribution in [-0.2, 0) is 0 Å². The number of nitrogens with one attached hydrogen (secondary N) is 1. The number of aromatic nitrogens is 2. The highest BCUT2D eigenvalue weighted by molar-refractivity contribution is 5.36. The van der Waals surface area contributed by atoms with Gasteiger partial charge in [0.15, 0.2) is 0 Å². The fourth-order valence-electron chi connectivity index (χ4n) is 2.29. The lowest BCUT2D eigenvalue weighted by Gasteiger charge is -2.21. The van der Waals surface area contributed by atoms with E-state index in [4.69, 9.17) is 0 Å². The van der Waals surface area contributed by atoms with Gasteiger partial charge < -0.3 is 5.32 Å². The number of rotatable bonds is 5. The minimum absolute atomic E-state index is 0.114. The van der Waals surface area contributed by atoms with Crippen molar-refractivity contribution in [3.05, 3.63) is 58.7 Å². The van der Waals surface area contributed by atoms with Gasteiger partial charge in [-0.3, -0.25) is 9.97 Å². The first-order chi connectivity index (χ1) is 9.61. The van der Waals surface area contributed by atoms with Crippen molar-refractivity contribution < 1.29 is 0 Å². The summed E-state index contributed by atoms with van der Waals surface area (Å²) in [6.07, 6.45) is 4.81. The maximum absolute atomic E-state index is 4.55. The van der Waals surface area contributed by atoms with Gasteiger partial charge in [0.25, 0.3) is 0 Å². The number of benzene rings is 1. The monoisotopic (exact) mass is 269 g/mol. The predicted octanol–water partition coefficient (Wildman–Crippen LogP) is 3.49. The lowest BCUT2D eigenvalue weighted by atomic mass is 9.96. The highest BCUT2D eigenvalue weighted by Crippen LogP contribution is 2.24. The Hall–Kier alpha value is -1.74. The molecule has 0 saturated heterocycles. The van der Waals surface area contributed by atoms with E-state index in [0.29, 0.717) is 0 Å². The highest BCUT2D eigenvalue weighted by Gasteiger charge is 2.17. The van der Waals surface area contributed by atoms with Crippen LogP contribution < -0.4 is 5.32 Å². The lowest BCUT2D eigenvalue weighted by Crippen LogP contribution is -2.25. The average molecular weight is 269 g/mol. The molecular weight excluding hydrogens is 246 g/mol. The van der Waals surface area contributed by atoms with Crippen molar-refractivity contribution in [2.24, 2.45) is 0 Å². The van der Waals surface area contributed by atoms with Crippen LogP contribution in [0.5, 0.6) is 0 Å². The number of hydrogen-bond acceptors (Lipinski definition) is 3. The molecule has 20 heavy (non-hydrogen) atoms. The largest absolute Gasteiger partial charge is 0.305 e. The van der Waals surface area contributed by atoms with Gasteiger partial charge in [-0.1, -0.05) is 30.7 Å². The van der Waals surface area contributed by atoms with Crippen LogP contribution >= 0.6 is 0 Å². The molecule has 106 valence electrons. The van der Waals surface area contributed by atoms with Gasteiger partial charge in [0.2, 0.25) is 0 Å². The summed E-state index contributed by atoms with van der Waals surface area (Å²) in [6.45, 7) is 9.38. The Kier molecular flexibility index (Phi) is 4.85. The van der Waals surface area contributed by atoms with Crippen LogP contribution in [0.15, 0.2) is 30.6 Å². The van der Waals surface area contributed by atoms with Crippen LogP contribution in [0, 0.1) is 20.8 Å². The summed E-state index contributed by atoms with van der Waals surface area (Å²) in [5.41, 5.74) is 5.78. The molecule has 0 radical (unpaired) electrons. The summed E-state index contributed by atoms with van der Waals surface area (Å²) in [5, 5.41) is 3.59. The number of hydrogen-bond donors (Lipinski definition) is 1. The molecule has 0 bridgehead atoms. The van der Waals surface area contributed by atoms with E-state index in [1.807, 2.05) is 19.3 Å². The Morgan fingerprint density at radius 3 is 2.55 bits per heavy atom. The second-order valence-corrected chi connectivity index (χ2v) is 5.33. The third-order valence-corrected chi connectivity index (χ3v) is 3.44. The SMILES string of the molecule is CCCNC(c1cnc(C)cn1)c1cc(C)ccc1C. The van der Waals surface area contributed by atoms with E-state index in [1.165, 1.54) is 16.7 Å². The number of nitrogens with zero attached hydrogens (tertiary/aromatic N) is 2. The molecule has 3 heteroatoms. The zero-order chi connectivity index (χ0) is 14.5. The Labute approximate surface area is 121 Å². The summed E-state index contributed by atoms with van der Waals surface area (Å²) < 4.78 is 0. The van der Waals surface area contributed by atoms with Crippen molar-refractivity contribution in [2.45, 2.75) is 40.2 Å². The molecule has 1 N–H and O–H groups in total. The first kappa shape index (κ1) is 14.7. The third kappa shape index (κ3) is 3.42. The molecule has 1 unspecified atom stereocenters. The van der Waals surface area contributed by atoms with E-state index in [-0.39, 0.29) is 6.04 Å². The van der Waals surface area contributed by atoms with E-state index in [9.17, 15) is 0 Å². The zero-order valence-electron chi connectivity index (χ0n) is 12.8. The second-order valence-electron chi connectivity index (χ2n) is 5.33. The van der Waals surface area contributed by atoms with Gasteiger partial charge in [0, 0.05) is 6.20 Å². The Morgan fingerprint density at radius 2 is 1.90 bits per heavy atom. The van der Waals surface area contributed by atoms with Crippen LogP contribution in [0.3, 0.4) is 0 Å². The van der Waals surface area contributed by atoms with Gasteiger partial charge in [0.1, 0.15) is 0 Å². The molecule has 1 heterocycles. The van der Waals surface area contributed by atoms with E-state index in [0.717, 1.165) is 24.4 Å². The normalized spacial score (nSPS) is 12.4. The van der Waals surface area contributed by atoms with Gasteiger partial charge in [-0.2, -0.15) is 0 Å². The van der Waals surface area contributed by atoms with Crippen LogP contribution in [-0.4, -0.2) is 16.5 Å². The number of aryl methyl sites for hydroxylation is 3. The molecule has 2 aromatic rings. The molecule has 0 fully saturated rings. The van der Waals surface area contributed by atoms with Crippen LogP contribution in [0.25, 0.3) is 0 Å². The van der Waals surface area contributed by atoms with Gasteiger partial charge in [-0.05, 0) is 44.9 Å². The van der Waals surface area contributed by atoms with Crippen molar-refractivity contribution in [3.63, 3.8) is 0 Å². The molecule has 0 aliphatic carbocycles. The van der Waals surface area contributed by atoms with Gasteiger partial charge in [0.05, 0.1) is 23.6 Å². The van der Waals surface area contributed by atoms with Crippen molar-refractivity contribution in [2.75, 3.05) is 6.54 Å². The van der Waals surface area contributed by atoms with Crippen molar-refractivity contribution >= 4 is 0 Å². The Morgan fingerprint density at radius 1 is 1.10 bits per heavy atom. The molecule has 3 nitrogen and oxygen atoms in total. The molecule has 1 aromatic carbocycles. The van der Waals surface area contributed by atoms with E-state index < -0.39 is 0 Å². The molecule has 0 saturated carbocycles. The zero-order valence-corrected chi connectivity index (χ0v) is 12.8. The molecular formula is C17H23N3. The van der Waals surface area contributed by atoms with Gasteiger partial charge >= 0.3 is 0 Å². The lowest BCUT2D eigenvalue weighted by molar-refractivity contribution is 0.581. The highest BCUT2D eigenvalue weighted by atomic mass is 14.9. The summed E-state index contributed by atoms with van der Waals surface area (Å²) in [4.78, 5) is 8.94. The molecule has 0 spiro atoms. The third-order valence-electron chi connectivity index (χ3n) is 3.44. The predicted molar refractivity (Wildman–Crippen MR) is 82.8 cm³/mol.